The van der Waals surface area contributed by atoms with Crippen molar-refractivity contribution in [1.29, 1.82) is 0 Å². The van der Waals surface area contributed by atoms with Gasteiger partial charge in [-0.15, -0.1) is 0 Å². The van der Waals surface area contributed by atoms with E-state index in [0.29, 0.717) is 16.7 Å². The number of carbonyl (C=O) groups is 1. The summed E-state index contributed by atoms with van der Waals surface area (Å²) in [5.74, 6) is 0.335. The molecule has 3 heteroatoms. The highest BCUT2D eigenvalue weighted by atomic mass is 19.1. The first kappa shape index (κ1) is 14.3. The van der Waals surface area contributed by atoms with Crippen molar-refractivity contribution in [3.8, 4) is 5.75 Å². The molecule has 2 rings (SSSR count). The molecule has 0 saturated heterocycles. The molecule has 0 aromatic heterocycles. The van der Waals surface area contributed by atoms with Gasteiger partial charge < -0.3 is 4.74 Å². The van der Waals surface area contributed by atoms with Gasteiger partial charge in [-0.25, -0.2) is 4.39 Å². The summed E-state index contributed by atoms with van der Waals surface area (Å²) in [5.41, 5.74) is 3.54. The Hall–Kier alpha value is -2.16. The van der Waals surface area contributed by atoms with Crippen LogP contribution in [0.3, 0.4) is 0 Å². The highest BCUT2D eigenvalue weighted by molar-refractivity contribution is 6.11. The van der Waals surface area contributed by atoms with Gasteiger partial charge in [0.15, 0.2) is 5.78 Å². The van der Waals surface area contributed by atoms with Crippen LogP contribution < -0.4 is 4.74 Å². The minimum atomic E-state index is -0.332. The van der Waals surface area contributed by atoms with Gasteiger partial charge in [0.05, 0.1) is 7.11 Å². The average molecular weight is 272 g/mol. The van der Waals surface area contributed by atoms with Crippen molar-refractivity contribution in [1.82, 2.24) is 0 Å². The van der Waals surface area contributed by atoms with Gasteiger partial charge in [-0.05, 0) is 67.8 Å². The molecule has 0 atom stereocenters. The summed E-state index contributed by atoms with van der Waals surface area (Å²) in [6, 6.07) is 7.89. The number of carbonyl (C=O) groups excluding carboxylic acids is 1. The number of benzene rings is 2. The Bertz CT molecular complexity index is 675. The summed E-state index contributed by atoms with van der Waals surface area (Å²) in [4.78, 5) is 12.6. The predicted molar refractivity (Wildman–Crippen MR) is 77.0 cm³/mol. The molecule has 0 aliphatic rings. The van der Waals surface area contributed by atoms with E-state index in [4.69, 9.17) is 4.74 Å². The molecule has 2 aromatic carbocycles. The molecule has 0 spiro atoms. The van der Waals surface area contributed by atoms with Crippen LogP contribution in [0.2, 0.25) is 0 Å². The van der Waals surface area contributed by atoms with Gasteiger partial charge in [0.25, 0.3) is 0 Å². The lowest BCUT2D eigenvalue weighted by atomic mass is 9.94. The van der Waals surface area contributed by atoms with Crippen LogP contribution in [0.25, 0.3) is 0 Å². The van der Waals surface area contributed by atoms with Gasteiger partial charge >= 0.3 is 0 Å². The van der Waals surface area contributed by atoms with Gasteiger partial charge in [0.1, 0.15) is 11.6 Å². The molecule has 0 radical (unpaired) electrons. The number of halogens is 1. The second kappa shape index (κ2) is 5.45. The van der Waals surface area contributed by atoms with E-state index in [1.807, 2.05) is 26.0 Å². The molecule has 2 nitrogen and oxygen atoms in total. The minimum Gasteiger partial charge on any atom is -0.496 e. The molecule has 0 N–H and O–H groups in total. The van der Waals surface area contributed by atoms with Crippen molar-refractivity contribution in [2.24, 2.45) is 0 Å². The zero-order chi connectivity index (χ0) is 14.9. The fourth-order valence-corrected chi connectivity index (χ4v) is 2.28. The fourth-order valence-electron chi connectivity index (χ4n) is 2.28. The summed E-state index contributed by atoms with van der Waals surface area (Å²) in [6.45, 7) is 5.50. The van der Waals surface area contributed by atoms with Crippen LogP contribution in [-0.4, -0.2) is 12.9 Å². The molecule has 0 bridgehead atoms. The van der Waals surface area contributed by atoms with Crippen molar-refractivity contribution in [3.05, 3.63) is 64.0 Å². The van der Waals surface area contributed by atoms with E-state index in [9.17, 15) is 9.18 Å². The third kappa shape index (κ3) is 2.57. The SMILES string of the molecule is COc1cc(C)c(C(=O)c2ccc(F)cc2C)cc1C. The first-order valence-corrected chi connectivity index (χ1v) is 6.40. The Kier molecular flexibility index (Phi) is 3.89. The number of hydrogen-bond acceptors (Lipinski definition) is 2. The molecular formula is C17H17FO2. The standard InChI is InChI=1S/C17H17FO2/c1-10-7-13(18)5-6-14(10)17(19)15-8-12(3)16(20-4)9-11(15)2/h5-9H,1-4H3. The third-order valence-corrected chi connectivity index (χ3v) is 3.42. The molecule has 0 aliphatic carbocycles. The Morgan fingerprint density at radius 3 is 2.20 bits per heavy atom. The average Bonchev–Trinajstić information content (AvgIpc) is 2.40. The fraction of sp³-hybridized carbons (Fsp3) is 0.235. The first-order valence-electron chi connectivity index (χ1n) is 6.40. The van der Waals surface area contributed by atoms with E-state index >= 15 is 0 Å². The molecule has 0 amide bonds. The van der Waals surface area contributed by atoms with Crippen LogP contribution in [0.4, 0.5) is 4.39 Å². The summed E-state index contributed by atoms with van der Waals surface area (Å²) in [6.07, 6.45) is 0. The van der Waals surface area contributed by atoms with E-state index in [2.05, 4.69) is 0 Å². The van der Waals surface area contributed by atoms with Gasteiger partial charge in [-0.3, -0.25) is 4.79 Å². The highest BCUT2D eigenvalue weighted by Gasteiger charge is 2.16. The number of aryl methyl sites for hydroxylation is 3. The largest absolute Gasteiger partial charge is 0.496 e. The maximum Gasteiger partial charge on any atom is 0.193 e. The second-order valence-electron chi connectivity index (χ2n) is 4.93. The summed E-state index contributed by atoms with van der Waals surface area (Å²) < 4.78 is 18.4. The van der Waals surface area contributed by atoms with E-state index in [1.165, 1.54) is 18.2 Å². The molecule has 0 saturated carbocycles. The quantitative estimate of drug-likeness (QED) is 0.790. The van der Waals surface area contributed by atoms with Gasteiger partial charge in [0.2, 0.25) is 0 Å². The van der Waals surface area contributed by atoms with Crippen LogP contribution in [0.15, 0.2) is 30.3 Å². The van der Waals surface area contributed by atoms with E-state index in [1.54, 1.807) is 14.0 Å². The van der Waals surface area contributed by atoms with Crippen LogP contribution in [0.5, 0.6) is 5.75 Å². The second-order valence-corrected chi connectivity index (χ2v) is 4.93. The lowest BCUT2D eigenvalue weighted by Crippen LogP contribution is -2.07. The van der Waals surface area contributed by atoms with Crippen molar-refractivity contribution in [3.63, 3.8) is 0 Å². The lowest BCUT2D eigenvalue weighted by molar-refractivity contribution is 0.103. The maximum atomic E-state index is 13.1. The Morgan fingerprint density at radius 1 is 0.950 bits per heavy atom. The number of hydrogen-bond donors (Lipinski definition) is 0. The summed E-state index contributed by atoms with van der Waals surface area (Å²) in [7, 11) is 1.60. The molecule has 20 heavy (non-hydrogen) atoms. The molecule has 0 unspecified atom stereocenters. The number of methoxy groups -OCH3 is 1. The molecule has 0 aliphatic heterocycles. The van der Waals surface area contributed by atoms with Gasteiger partial charge in [-0.2, -0.15) is 0 Å². The Labute approximate surface area is 118 Å². The number of ketones is 1. The summed E-state index contributed by atoms with van der Waals surface area (Å²) >= 11 is 0. The van der Waals surface area contributed by atoms with Crippen molar-refractivity contribution < 1.29 is 13.9 Å². The summed E-state index contributed by atoms with van der Waals surface area (Å²) in [5, 5.41) is 0. The van der Waals surface area contributed by atoms with Crippen LogP contribution in [0.1, 0.15) is 32.6 Å². The maximum absolute atomic E-state index is 13.1. The van der Waals surface area contributed by atoms with E-state index in [0.717, 1.165) is 16.9 Å². The van der Waals surface area contributed by atoms with Crippen molar-refractivity contribution in [2.45, 2.75) is 20.8 Å². The Morgan fingerprint density at radius 2 is 1.60 bits per heavy atom. The smallest absolute Gasteiger partial charge is 0.193 e. The highest BCUT2D eigenvalue weighted by Crippen LogP contribution is 2.25. The van der Waals surface area contributed by atoms with E-state index < -0.39 is 0 Å². The van der Waals surface area contributed by atoms with Crippen molar-refractivity contribution in [2.75, 3.05) is 7.11 Å². The zero-order valence-corrected chi connectivity index (χ0v) is 12.1. The minimum absolute atomic E-state index is 0.0919. The monoisotopic (exact) mass is 272 g/mol. The molecule has 104 valence electrons. The predicted octanol–water partition coefficient (Wildman–Crippen LogP) is 3.99. The zero-order valence-electron chi connectivity index (χ0n) is 12.1. The normalized spacial score (nSPS) is 10.4. The molecule has 0 fully saturated rings. The lowest BCUT2D eigenvalue weighted by Gasteiger charge is -2.12. The first-order chi connectivity index (χ1) is 9.43. The third-order valence-electron chi connectivity index (χ3n) is 3.42. The topological polar surface area (TPSA) is 26.3 Å². The number of rotatable bonds is 3. The van der Waals surface area contributed by atoms with Gasteiger partial charge in [-0.1, -0.05) is 0 Å². The van der Waals surface area contributed by atoms with Crippen LogP contribution >= 0.6 is 0 Å². The van der Waals surface area contributed by atoms with Gasteiger partial charge in [0, 0.05) is 11.1 Å². The Balaban J connectivity index is 2.51. The van der Waals surface area contributed by atoms with E-state index in [-0.39, 0.29) is 11.6 Å². The molecule has 0 heterocycles. The van der Waals surface area contributed by atoms with Crippen LogP contribution in [0, 0.1) is 26.6 Å². The van der Waals surface area contributed by atoms with Crippen LogP contribution in [-0.2, 0) is 0 Å². The molecule has 2 aromatic rings. The number of ether oxygens (including phenoxy) is 1. The molecular weight excluding hydrogens is 255 g/mol. The van der Waals surface area contributed by atoms with Crippen molar-refractivity contribution >= 4 is 5.78 Å².